The minimum Gasteiger partial charge on any atom is -0.277 e. The summed E-state index contributed by atoms with van der Waals surface area (Å²) < 4.78 is 62.4. The second-order valence-electron chi connectivity index (χ2n) is 26.9. The number of hydrogen-bond donors (Lipinski definition) is 4. The van der Waals surface area contributed by atoms with E-state index in [9.17, 15) is 42.7 Å². The van der Waals surface area contributed by atoms with Gasteiger partial charge in [0.05, 0.1) is 45.7 Å². The number of hydrogen-bond acceptors (Lipinski definition) is 16. The molecule has 8 aliphatic heterocycles. The maximum Gasteiger partial charge on any atom is 0.329 e. The first kappa shape index (κ1) is 76.5. The molecule has 0 saturated carbocycles. The van der Waals surface area contributed by atoms with E-state index < -0.39 is 94.8 Å². The van der Waals surface area contributed by atoms with Crippen LogP contribution in [0, 0.1) is 23.3 Å². The number of fused-ring (bicyclic) bond motifs is 4. The molecule has 0 spiro atoms. The van der Waals surface area contributed by atoms with Crippen LogP contribution in [0.4, 0.5) is 82.2 Å². The fourth-order valence-electron chi connectivity index (χ4n) is 14.5. The minimum absolute atomic E-state index is 0.128. The number of thiophene rings is 4. The molecule has 4 unspecified atom stereocenters. The zero-order valence-electron chi connectivity index (χ0n) is 59.4. The highest BCUT2D eigenvalue weighted by atomic mass is 35.5. The standard InChI is InChI=1S/C21H12ClF2N3O2S.2C21H13ClFN3O2S.C21H14ClN3O2S/c22-17-4-3-16(30-17)11-7-13(23)18(14(24)8-11)19-20(28)26-21(29)27(19)12-2-1-10-5-6-25-15(10)9-12;22-18-6-5-17(29-18)14-4-2-12(9-15(14)23)19-20(27)25-21(28)26(19)13-3-1-11-7-8-24-16(11)10-13;22-18-6-5-17(29-18)12-2-4-14(15(23)9-12)19-20(27)25-21(28)26(19)13-3-1-11-7-8-24-16(11)10-13;22-18-8-7-17(28-18)13-1-3-14(4-2-13)19-20(26)24-21(27)25(19)15-6-5-12-9-10-23-16(12)11-15/h1-4,6-9,19H,5H2,(H,26,28,29);2*1-6,8-10,19H,7H2,(H,25,27,28);1-8,10-11,19H,9H2,(H,24,26,27). The van der Waals surface area contributed by atoms with Gasteiger partial charge in [-0.2, -0.15) is 0 Å². The van der Waals surface area contributed by atoms with Gasteiger partial charge in [-0.05, 0) is 171 Å². The first-order valence-electron chi connectivity index (χ1n) is 35.4. The highest BCUT2D eigenvalue weighted by Gasteiger charge is 2.47. The monoisotopic (exact) mass is 1700 g/mol. The van der Waals surface area contributed by atoms with Crippen molar-refractivity contribution >= 4 is 210 Å². The molecule has 32 heteroatoms. The number of nitrogens with zero attached hydrogens (tertiary/aromatic N) is 8. The third-order valence-corrected chi connectivity index (χ3v) is 25.1. The smallest absolute Gasteiger partial charge is 0.277 e. The van der Waals surface area contributed by atoms with Crippen molar-refractivity contribution in [2.75, 3.05) is 19.6 Å². The van der Waals surface area contributed by atoms with Gasteiger partial charge in [0.15, 0.2) is 0 Å². The first-order valence-corrected chi connectivity index (χ1v) is 40.2. The van der Waals surface area contributed by atoms with Gasteiger partial charge in [-0.25, -0.2) is 36.7 Å². The van der Waals surface area contributed by atoms with E-state index in [4.69, 9.17) is 46.4 Å². The molecule has 0 radical (unpaired) electrons. The van der Waals surface area contributed by atoms with Crippen molar-refractivity contribution in [1.29, 1.82) is 0 Å². The van der Waals surface area contributed by atoms with Crippen molar-refractivity contribution in [3.8, 4) is 41.8 Å². The molecule has 4 fully saturated rings. The topological polar surface area (TPSA) is 247 Å². The molecular formula is C84H52Cl4F4N12O8S4. The lowest BCUT2D eigenvalue weighted by molar-refractivity contribution is -0.120. The lowest BCUT2D eigenvalue weighted by Gasteiger charge is -2.23. The van der Waals surface area contributed by atoms with Gasteiger partial charge in [-0.15, -0.1) is 45.3 Å². The van der Waals surface area contributed by atoms with Gasteiger partial charge >= 0.3 is 24.1 Å². The van der Waals surface area contributed by atoms with Gasteiger partial charge in [0, 0.05) is 104 Å². The molecular weight excluding hydrogens is 1650 g/mol. The van der Waals surface area contributed by atoms with Crippen molar-refractivity contribution in [1.82, 2.24) is 21.3 Å². The van der Waals surface area contributed by atoms with E-state index in [1.54, 1.807) is 116 Å². The molecule has 0 bridgehead atoms. The zero-order valence-corrected chi connectivity index (χ0v) is 65.7. The van der Waals surface area contributed by atoms with E-state index >= 15 is 13.2 Å². The van der Waals surface area contributed by atoms with Gasteiger partial charge in [0.2, 0.25) is 0 Å². The van der Waals surface area contributed by atoms with Crippen LogP contribution in [0.3, 0.4) is 0 Å². The Labute approximate surface area is 692 Å². The van der Waals surface area contributed by atoms with Crippen LogP contribution in [0.15, 0.2) is 214 Å². The molecule has 8 aromatic carbocycles. The molecule has 20 nitrogen and oxygen atoms in total. The lowest BCUT2D eigenvalue weighted by Crippen LogP contribution is -2.30. The molecule has 4 N–H and O–H groups in total. The Balaban J connectivity index is 0.000000111. The summed E-state index contributed by atoms with van der Waals surface area (Å²) in [7, 11) is 0. The number of anilines is 4. The first-order chi connectivity index (χ1) is 56.0. The largest absolute Gasteiger partial charge is 0.329 e. The van der Waals surface area contributed by atoms with Gasteiger partial charge in [-0.1, -0.05) is 119 Å². The summed E-state index contributed by atoms with van der Waals surface area (Å²) in [6.45, 7) is 0. The van der Waals surface area contributed by atoms with Crippen LogP contribution >= 0.6 is 91.8 Å². The third-order valence-electron chi connectivity index (χ3n) is 20.0. The number of nitrogens with one attached hydrogen (secondary N) is 4. The van der Waals surface area contributed by atoms with Crippen LogP contribution < -0.4 is 40.9 Å². The van der Waals surface area contributed by atoms with Crippen molar-refractivity contribution in [2.45, 2.75) is 49.9 Å². The van der Waals surface area contributed by atoms with Crippen molar-refractivity contribution in [3.63, 3.8) is 0 Å². The minimum atomic E-state index is -1.47. The summed E-state index contributed by atoms with van der Waals surface area (Å²) in [4.78, 5) is 126. The fraction of sp³-hybridized carbons (Fsp3) is 0.0952. The van der Waals surface area contributed by atoms with Crippen LogP contribution in [-0.4, -0.2) is 72.6 Å². The number of aliphatic imine (C=N–C) groups is 4. The van der Waals surface area contributed by atoms with E-state index in [1.807, 2.05) is 79.0 Å². The Morgan fingerprint density at radius 3 is 1.04 bits per heavy atom. The fourth-order valence-corrected chi connectivity index (χ4v) is 18.7. The summed E-state index contributed by atoms with van der Waals surface area (Å²) in [6.07, 6.45) is 10.1. The summed E-state index contributed by atoms with van der Waals surface area (Å²) in [5, 5.41) is 9.18. The number of amides is 12. The van der Waals surface area contributed by atoms with E-state index in [-0.39, 0.29) is 11.5 Å². The number of halogens is 8. The third kappa shape index (κ3) is 14.9. The van der Waals surface area contributed by atoms with E-state index in [0.717, 1.165) is 101 Å². The lowest BCUT2D eigenvalue weighted by atomic mass is 10.0. The molecule has 12 aromatic rings. The molecule has 576 valence electrons. The summed E-state index contributed by atoms with van der Waals surface area (Å²) >= 11 is 29.1. The Hall–Kier alpha value is -12.1. The highest BCUT2D eigenvalue weighted by Crippen LogP contribution is 2.46. The van der Waals surface area contributed by atoms with E-state index in [1.165, 1.54) is 72.2 Å². The number of rotatable bonds is 12. The number of imide groups is 4. The number of carbonyl (C=O) groups excluding carboxylic acids is 8. The molecule has 116 heavy (non-hydrogen) atoms. The molecule has 4 saturated heterocycles. The Kier molecular flexibility index (Phi) is 20.8. The molecule has 20 rings (SSSR count). The number of benzene rings is 8. The number of urea groups is 4. The average Bonchev–Trinajstić information content (AvgIpc) is 1.61. The second-order valence-corrected chi connectivity index (χ2v) is 33.8. The van der Waals surface area contributed by atoms with Gasteiger partial charge in [0.1, 0.15) is 47.4 Å². The molecule has 4 atom stereocenters. The van der Waals surface area contributed by atoms with Gasteiger partial charge in [-0.3, -0.25) is 80.0 Å². The molecule has 8 aliphatic rings. The van der Waals surface area contributed by atoms with Gasteiger partial charge in [0.25, 0.3) is 23.6 Å². The SMILES string of the molecule is O=C1NC(=O)N(c2ccc3c(c2)N=CC3)C1c1c(F)cc(-c2ccc(Cl)s2)cc1F.O=C1NC(=O)N(c2ccc3c(c2)N=CC3)C1c1ccc(-c2ccc(Cl)s2)c(F)c1.O=C1NC(=O)N(c2ccc3c(c2)N=CC3)C1c1ccc(-c2ccc(Cl)s2)cc1.O=C1NC(=O)N(c2ccc3c(c2)N=CC3)C1c1ccc(-c2ccc(Cl)s2)cc1F. The molecule has 4 aromatic heterocycles. The quantitative estimate of drug-likeness (QED) is 0.0675. The predicted octanol–water partition coefficient (Wildman–Crippen LogP) is 21.1. The van der Waals surface area contributed by atoms with E-state index in [0.29, 0.717) is 79.9 Å². The average molecular weight is 1700 g/mol. The summed E-state index contributed by atoms with van der Waals surface area (Å²) in [5.74, 6) is -5.08. The maximum absolute atomic E-state index is 15.1. The summed E-state index contributed by atoms with van der Waals surface area (Å²) in [5.41, 5.74) is 12.4. The Morgan fingerprint density at radius 2 is 0.647 bits per heavy atom. The van der Waals surface area contributed by atoms with Crippen LogP contribution in [0.2, 0.25) is 17.3 Å². The maximum atomic E-state index is 15.1. The van der Waals surface area contributed by atoms with Gasteiger partial charge < -0.3 is 0 Å². The second kappa shape index (κ2) is 31.6. The molecule has 0 aliphatic carbocycles. The number of carbonyl (C=O) groups is 8. The van der Waals surface area contributed by atoms with Crippen LogP contribution in [-0.2, 0) is 44.9 Å². The van der Waals surface area contributed by atoms with E-state index in [2.05, 4.69) is 41.2 Å². The Bertz CT molecular complexity index is 6280. The van der Waals surface area contributed by atoms with Crippen LogP contribution in [0.25, 0.3) is 41.8 Å². The van der Waals surface area contributed by atoms with Crippen molar-refractivity contribution in [2.24, 2.45) is 20.0 Å². The Morgan fingerprint density at radius 1 is 0.310 bits per heavy atom. The normalized spacial score (nSPS) is 17.7. The predicted molar refractivity (Wildman–Crippen MR) is 447 cm³/mol. The zero-order chi connectivity index (χ0) is 80.5. The van der Waals surface area contributed by atoms with Crippen molar-refractivity contribution < 1.29 is 55.9 Å². The molecule has 12 heterocycles. The van der Waals surface area contributed by atoms with Crippen molar-refractivity contribution in [3.05, 3.63) is 279 Å². The summed E-state index contributed by atoms with van der Waals surface area (Å²) in [6, 6.07) is 48.2. The van der Waals surface area contributed by atoms with Crippen LogP contribution in [0.5, 0.6) is 0 Å². The highest BCUT2D eigenvalue weighted by molar-refractivity contribution is 7.20. The van der Waals surface area contributed by atoms with Crippen LogP contribution in [0.1, 0.15) is 68.7 Å². The molecule has 12 amide bonds.